The molecule has 0 radical (unpaired) electrons. The van der Waals surface area contributed by atoms with E-state index < -0.39 is 10.8 Å². The van der Waals surface area contributed by atoms with Gasteiger partial charge in [0.1, 0.15) is 0 Å². The molecule has 1 nitrogen and oxygen atoms in total. The number of benzene rings is 9. The van der Waals surface area contributed by atoms with Gasteiger partial charge in [-0.05, 0) is 126 Å². The maximum atomic E-state index is 8.50. The van der Waals surface area contributed by atoms with E-state index in [2.05, 4.69) is 229 Å². The second-order valence-corrected chi connectivity index (χ2v) is 16.8. The lowest BCUT2D eigenvalue weighted by Gasteiger charge is -2.34. The number of hydrogen-bond acceptors (Lipinski definition) is 2. The predicted molar refractivity (Wildman–Crippen MR) is 251 cm³/mol. The molecule has 2 aliphatic carbocycles. The molecular weight excluding hydrogens is 743 g/mol. The molecule has 0 fully saturated rings. The summed E-state index contributed by atoms with van der Waals surface area (Å²) in [6, 6.07) is 84.8. The van der Waals surface area contributed by atoms with Crippen molar-refractivity contribution in [3.63, 3.8) is 0 Å². The van der Waals surface area contributed by atoms with Crippen molar-refractivity contribution in [3.8, 4) is 22.3 Å². The first kappa shape index (κ1) is 33.7. The van der Waals surface area contributed by atoms with Crippen molar-refractivity contribution < 1.29 is 1.37 Å². The summed E-state index contributed by atoms with van der Waals surface area (Å²) < 4.78 is 9.61. The maximum absolute atomic E-state index is 8.50. The minimum atomic E-state index is -0.479. The molecule has 12 rings (SSSR count). The molecule has 0 N–H and O–H groups in total. The van der Waals surface area contributed by atoms with E-state index in [4.69, 9.17) is 1.37 Å². The third kappa shape index (κ3) is 4.92. The van der Waals surface area contributed by atoms with E-state index in [1.54, 1.807) is 0 Å². The Balaban J connectivity index is 1.11. The van der Waals surface area contributed by atoms with Crippen LogP contribution in [0.5, 0.6) is 0 Å². The molecule has 0 amide bonds. The van der Waals surface area contributed by atoms with Gasteiger partial charge < -0.3 is 4.90 Å². The molecule has 0 saturated heterocycles. The third-order valence-corrected chi connectivity index (χ3v) is 13.9. The SMILES string of the molecule is [2H]c1cc2cc(N(c3ccc4c(c3)-c3ccccc3C4(c3ccccc3)c3ccccc3)c3ccc4c(c3)-c3ccccc3C4(c3ccccc3)c3ccccc3)ccc2s1. The average molecular weight is 783 g/mol. The molecule has 0 saturated carbocycles. The van der Waals surface area contributed by atoms with Crippen molar-refractivity contribution in [2.45, 2.75) is 10.8 Å². The number of fused-ring (bicyclic) bond motifs is 7. The zero-order valence-electron chi connectivity index (χ0n) is 33.8. The van der Waals surface area contributed by atoms with Crippen LogP contribution in [0.3, 0.4) is 0 Å². The number of nitrogens with zero attached hydrogens (tertiary/aromatic N) is 1. The summed E-state index contributed by atoms with van der Waals surface area (Å²) in [4.78, 5) is 2.42. The molecule has 1 heterocycles. The van der Waals surface area contributed by atoms with Gasteiger partial charge in [-0.1, -0.05) is 182 Å². The summed E-state index contributed by atoms with van der Waals surface area (Å²) >= 11 is 1.52. The van der Waals surface area contributed by atoms with Crippen LogP contribution in [0.2, 0.25) is 0 Å². The molecule has 282 valence electrons. The molecule has 2 aliphatic rings. The Morgan fingerprint density at radius 2 is 0.700 bits per heavy atom. The van der Waals surface area contributed by atoms with Crippen molar-refractivity contribution in [2.75, 3.05) is 4.90 Å². The first-order valence-corrected chi connectivity index (χ1v) is 21.5. The van der Waals surface area contributed by atoms with Crippen molar-refractivity contribution in [3.05, 3.63) is 280 Å². The highest BCUT2D eigenvalue weighted by Crippen LogP contribution is 2.59. The lowest BCUT2D eigenvalue weighted by molar-refractivity contribution is 0.768. The highest BCUT2D eigenvalue weighted by Gasteiger charge is 2.47. The van der Waals surface area contributed by atoms with Crippen LogP contribution in [-0.2, 0) is 10.8 Å². The van der Waals surface area contributed by atoms with Gasteiger partial charge in [-0.15, -0.1) is 11.3 Å². The van der Waals surface area contributed by atoms with Crippen LogP contribution in [0.1, 0.15) is 45.9 Å². The predicted octanol–water partition coefficient (Wildman–Crippen LogP) is 15.1. The minimum absolute atomic E-state index is 0.479. The fraction of sp³-hybridized carbons (Fsp3) is 0.0345. The highest BCUT2D eigenvalue weighted by atomic mass is 32.1. The number of thiophene rings is 1. The van der Waals surface area contributed by atoms with Gasteiger partial charge in [-0.3, -0.25) is 0 Å². The lowest BCUT2D eigenvalue weighted by Crippen LogP contribution is -2.28. The summed E-state index contributed by atoms with van der Waals surface area (Å²) in [6.07, 6.45) is 0. The van der Waals surface area contributed by atoms with Crippen LogP contribution in [0.15, 0.2) is 236 Å². The summed E-state index contributed by atoms with van der Waals surface area (Å²) in [7, 11) is 0. The van der Waals surface area contributed by atoms with Gasteiger partial charge in [-0.25, -0.2) is 0 Å². The summed E-state index contributed by atoms with van der Waals surface area (Å²) in [5, 5.41) is 1.65. The Morgan fingerprint density at radius 1 is 0.333 bits per heavy atom. The summed E-state index contributed by atoms with van der Waals surface area (Å²) in [5.74, 6) is 0. The fourth-order valence-electron chi connectivity index (χ4n) is 10.6. The largest absolute Gasteiger partial charge is 0.310 e. The number of hydrogen-bond donors (Lipinski definition) is 0. The molecule has 0 spiro atoms. The standard InChI is InChI=1S/C58H39NS/c1-5-17-41(18-6-1)57(42-19-7-2-8-20-42)52-27-15-13-25-48(52)50-38-46(29-32-54(50)57)59(45-31-34-56-40(37-45)35-36-60-56)47-30-33-55-51(39-47)49-26-14-16-28-53(49)58(55,43-21-9-3-10-22-43)44-23-11-4-12-24-44/h1-39H/i36D. The Kier molecular flexibility index (Phi) is 7.67. The Morgan fingerprint density at radius 3 is 1.15 bits per heavy atom. The zero-order chi connectivity index (χ0) is 40.5. The topological polar surface area (TPSA) is 3.24 Å². The van der Waals surface area contributed by atoms with E-state index in [1.165, 1.54) is 78.1 Å². The van der Waals surface area contributed by atoms with Gasteiger partial charge in [0.15, 0.2) is 0 Å². The van der Waals surface area contributed by atoms with Crippen molar-refractivity contribution >= 4 is 38.5 Å². The molecule has 0 atom stereocenters. The van der Waals surface area contributed by atoms with Gasteiger partial charge in [-0.2, -0.15) is 0 Å². The van der Waals surface area contributed by atoms with Crippen molar-refractivity contribution in [1.29, 1.82) is 0 Å². The second kappa shape index (κ2) is 13.7. The van der Waals surface area contributed by atoms with Crippen LogP contribution in [0, 0.1) is 0 Å². The minimum Gasteiger partial charge on any atom is -0.310 e. The van der Waals surface area contributed by atoms with Gasteiger partial charge in [0.2, 0.25) is 0 Å². The molecule has 0 aliphatic heterocycles. The molecule has 2 heteroatoms. The molecule has 60 heavy (non-hydrogen) atoms. The highest BCUT2D eigenvalue weighted by molar-refractivity contribution is 7.17. The molecule has 1 aromatic heterocycles. The van der Waals surface area contributed by atoms with Crippen LogP contribution in [-0.4, -0.2) is 0 Å². The van der Waals surface area contributed by atoms with Crippen molar-refractivity contribution in [1.82, 2.24) is 0 Å². The Bertz CT molecular complexity index is 3000. The van der Waals surface area contributed by atoms with Gasteiger partial charge in [0.25, 0.3) is 0 Å². The second-order valence-electron chi connectivity index (χ2n) is 15.9. The quantitative estimate of drug-likeness (QED) is 0.156. The molecule has 0 unspecified atom stereocenters. The first-order chi connectivity index (χ1) is 30.2. The zero-order valence-corrected chi connectivity index (χ0v) is 33.6. The summed E-state index contributed by atoms with van der Waals surface area (Å²) in [6.45, 7) is 0. The van der Waals surface area contributed by atoms with Crippen LogP contribution in [0.25, 0.3) is 32.3 Å². The Labute approximate surface area is 356 Å². The van der Waals surface area contributed by atoms with E-state index >= 15 is 0 Å². The molecular formula is C58H39NS. The lowest BCUT2D eigenvalue weighted by atomic mass is 9.67. The van der Waals surface area contributed by atoms with Gasteiger partial charge in [0.05, 0.1) is 12.2 Å². The van der Waals surface area contributed by atoms with E-state index in [-0.39, 0.29) is 0 Å². The molecule has 0 bridgehead atoms. The maximum Gasteiger partial charge on any atom is 0.0740 e. The van der Waals surface area contributed by atoms with E-state index in [0.29, 0.717) is 5.36 Å². The number of rotatable bonds is 7. The van der Waals surface area contributed by atoms with E-state index in [0.717, 1.165) is 27.1 Å². The van der Waals surface area contributed by atoms with Gasteiger partial charge in [0, 0.05) is 21.8 Å². The van der Waals surface area contributed by atoms with Crippen LogP contribution in [0.4, 0.5) is 17.1 Å². The normalized spacial score (nSPS) is 14.2. The molecule has 10 aromatic rings. The van der Waals surface area contributed by atoms with Crippen molar-refractivity contribution in [2.24, 2.45) is 0 Å². The monoisotopic (exact) mass is 782 g/mol. The van der Waals surface area contributed by atoms with Crippen LogP contribution < -0.4 is 4.90 Å². The fourth-order valence-corrected chi connectivity index (χ4v) is 11.3. The summed E-state index contributed by atoms with van der Waals surface area (Å²) in [5.41, 5.74) is 17.4. The van der Waals surface area contributed by atoms with E-state index in [1.807, 2.05) is 6.07 Å². The first-order valence-electron chi connectivity index (χ1n) is 21.2. The Hall–Kier alpha value is -7.26. The third-order valence-electron chi connectivity index (χ3n) is 13.0. The van der Waals surface area contributed by atoms with Gasteiger partial charge >= 0.3 is 0 Å². The average Bonchev–Trinajstić information content (AvgIpc) is 3.96. The van der Waals surface area contributed by atoms with E-state index in [9.17, 15) is 0 Å². The smallest absolute Gasteiger partial charge is 0.0740 e. The number of anilines is 3. The van der Waals surface area contributed by atoms with Crippen LogP contribution >= 0.6 is 11.3 Å². The molecule has 9 aromatic carbocycles.